The van der Waals surface area contributed by atoms with Crippen molar-refractivity contribution in [2.24, 2.45) is 0 Å². The van der Waals surface area contributed by atoms with Gasteiger partial charge in [0, 0.05) is 6.92 Å². The molecule has 30 heavy (non-hydrogen) atoms. The highest BCUT2D eigenvalue weighted by Gasteiger charge is 2.94. The summed E-state index contributed by atoms with van der Waals surface area (Å²) in [5.74, 6) is -57.6. The number of alkyl halides is 17. The van der Waals surface area contributed by atoms with Gasteiger partial charge in [-0.15, -0.1) is 0 Å². The van der Waals surface area contributed by atoms with Crippen molar-refractivity contribution in [3.63, 3.8) is 0 Å². The van der Waals surface area contributed by atoms with Crippen LogP contribution in [0.15, 0.2) is 0 Å². The van der Waals surface area contributed by atoms with Crippen molar-refractivity contribution in [3.8, 4) is 0 Å². The second kappa shape index (κ2) is 7.79. The zero-order valence-electron chi connectivity index (χ0n) is 13.4. The molecule has 0 atom stereocenters. The molecule has 0 aromatic heterocycles. The lowest BCUT2D eigenvalue weighted by Gasteiger charge is -2.42. The van der Waals surface area contributed by atoms with Crippen LogP contribution in [-0.4, -0.2) is 66.5 Å². The molecule has 0 bridgehead atoms. The maximum atomic E-state index is 12.9. The van der Waals surface area contributed by atoms with Gasteiger partial charge in [0.15, 0.2) is 7.85 Å². The zero-order valence-corrected chi connectivity index (χ0v) is 13.4. The number of rotatable bonds is 6. The molecule has 0 saturated heterocycles. The largest absolute Gasteiger partial charge is 0.481 e. The van der Waals surface area contributed by atoms with Gasteiger partial charge in [0.25, 0.3) is 11.8 Å². The van der Waals surface area contributed by atoms with Gasteiger partial charge in [-0.2, -0.15) is 65.9 Å². The summed E-state index contributed by atoms with van der Waals surface area (Å²) in [6.07, 6.45) is -7.76. The fourth-order valence-corrected chi connectivity index (χ4v) is 1.18. The van der Waals surface area contributed by atoms with Gasteiger partial charge in [-0.25, -0.2) is 8.78 Å². The number of carboxylic acids is 1. The van der Waals surface area contributed by atoms with Crippen molar-refractivity contribution in [2.75, 3.05) is 0 Å². The van der Waals surface area contributed by atoms with Gasteiger partial charge in [-0.1, -0.05) is 0 Å². The molecular weight excluding hydrogens is 486 g/mol. The smallest absolute Gasteiger partial charge is 0.460 e. The molecule has 0 unspecified atom stereocenters. The average Bonchev–Trinajstić information content (AvgIpc) is 2.42. The van der Waals surface area contributed by atoms with Gasteiger partial charge in [0.1, 0.15) is 0 Å². The highest BCUT2D eigenvalue weighted by molar-refractivity contribution is 6.14. The van der Waals surface area contributed by atoms with Crippen LogP contribution in [0.2, 0.25) is 0 Å². The van der Waals surface area contributed by atoms with Crippen molar-refractivity contribution in [1.29, 1.82) is 0 Å². The van der Waals surface area contributed by atoms with Crippen molar-refractivity contribution < 1.29 is 84.5 Å². The van der Waals surface area contributed by atoms with E-state index in [9.17, 15) is 74.6 Å². The third-order valence-electron chi connectivity index (χ3n) is 2.75. The normalized spacial score (nSPS) is 15.4. The molecule has 20 heteroatoms. The molecule has 0 aromatic carbocycles. The summed E-state index contributed by atoms with van der Waals surface area (Å²) in [4.78, 5) is 9.00. The maximum Gasteiger partial charge on any atom is 0.460 e. The number of aliphatic carboxylic acids is 1. The van der Waals surface area contributed by atoms with E-state index in [1.165, 1.54) is 0 Å². The fourth-order valence-electron chi connectivity index (χ4n) is 1.18. The monoisotopic (exact) mass is 490 g/mol. The lowest BCUT2D eigenvalue weighted by atomic mass is 9.82. The predicted octanol–water partition coefficient (Wildman–Crippen LogP) is 5.21. The number of carbonyl (C=O) groups is 1. The third kappa shape index (κ3) is 4.50. The van der Waals surface area contributed by atoms with Gasteiger partial charge in [0.2, 0.25) is 0 Å². The fraction of sp³-hybridized carbons (Fsp3) is 0.900. The first-order valence-corrected chi connectivity index (χ1v) is 6.18. The Bertz CT molecular complexity index is 565. The van der Waals surface area contributed by atoms with E-state index in [-0.39, 0.29) is 0 Å². The minimum absolute atomic E-state index is 0.833. The van der Waals surface area contributed by atoms with Crippen molar-refractivity contribution in [3.05, 3.63) is 0 Å². The topological polar surface area (TPSA) is 37.3 Å². The van der Waals surface area contributed by atoms with Crippen molar-refractivity contribution in [2.45, 2.75) is 54.5 Å². The van der Waals surface area contributed by atoms with Crippen LogP contribution in [0.4, 0.5) is 74.6 Å². The highest BCUT2D eigenvalue weighted by Crippen LogP contribution is 2.63. The van der Waals surface area contributed by atoms with E-state index in [1.54, 1.807) is 0 Å². The Kier molecular flexibility index (Phi) is 7.93. The first-order chi connectivity index (χ1) is 12.5. The quantitative estimate of drug-likeness (QED) is 0.411. The summed E-state index contributed by atoms with van der Waals surface area (Å²) >= 11 is 0. The summed E-state index contributed by atoms with van der Waals surface area (Å²) in [5.41, 5.74) is 0. The average molecular weight is 490 g/mol. The number of hydrogen-bond donors (Lipinski definition) is 1. The van der Waals surface area contributed by atoms with Gasteiger partial charge < -0.3 is 5.11 Å². The summed E-state index contributed by atoms with van der Waals surface area (Å²) in [6, 6.07) is 0. The van der Waals surface area contributed by atoms with E-state index >= 15 is 0 Å². The summed E-state index contributed by atoms with van der Waals surface area (Å²) in [7, 11) is 3.05. The first-order valence-electron chi connectivity index (χ1n) is 6.18. The Hall–Kier alpha value is -1.66. The zero-order chi connectivity index (χ0) is 25.6. The van der Waals surface area contributed by atoms with Crippen LogP contribution in [-0.2, 0) is 4.79 Å². The molecule has 0 fully saturated rings. The van der Waals surface area contributed by atoms with Gasteiger partial charge in [0.05, 0.1) is 0 Å². The standard InChI is InChI=1S/C8BF17.C2H4O2/c9-7(22,23)5(18,19)3(14,15)1(10,11)2(12,13)4(16,17)6(20,21)8(24,25)26;1-2(3)4/h;1H3,(H,3,4). The molecule has 178 valence electrons. The molecule has 1 N–H and O–H groups in total. The molecule has 0 aromatic rings. The predicted molar refractivity (Wildman–Crippen MR) is 59.7 cm³/mol. The summed E-state index contributed by atoms with van der Waals surface area (Å²) in [5, 5.41) is 7.42. The Morgan fingerprint density at radius 3 is 0.867 bits per heavy atom. The second-order valence-electron chi connectivity index (χ2n) is 5.09. The Labute approximate surface area is 154 Å². The highest BCUT2D eigenvalue weighted by atomic mass is 19.4. The van der Waals surface area contributed by atoms with Crippen molar-refractivity contribution in [1.82, 2.24) is 0 Å². The second-order valence-corrected chi connectivity index (χ2v) is 5.09. The number of hydrogen-bond acceptors (Lipinski definition) is 1. The van der Waals surface area contributed by atoms with Gasteiger partial charge in [-0.05, 0) is 0 Å². The van der Waals surface area contributed by atoms with Crippen LogP contribution >= 0.6 is 0 Å². The molecule has 2 radical (unpaired) electrons. The lowest BCUT2D eigenvalue weighted by Crippen LogP contribution is -2.74. The molecule has 0 aliphatic heterocycles. The molecule has 0 saturated carbocycles. The van der Waals surface area contributed by atoms with Crippen LogP contribution in [0, 0.1) is 0 Å². The van der Waals surface area contributed by atoms with E-state index in [0.29, 0.717) is 0 Å². The molecule has 2 nitrogen and oxygen atoms in total. The molecule has 0 heterocycles. The summed E-state index contributed by atoms with van der Waals surface area (Å²) in [6.45, 7) is 1.08. The van der Waals surface area contributed by atoms with Crippen LogP contribution < -0.4 is 0 Å². The van der Waals surface area contributed by atoms with E-state index < -0.39 is 53.5 Å². The van der Waals surface area contributed by atoms with Crippen LogP contribution in [0.1, 0.15) is 6.92 Å². The van der Waals surface area contributed by atoms with Crippen LogP contribution in [0.5, 0.6) is 0 Å². The molecule has 0 spiro atoms. The van der Waals surface area contributed by atoms with Crippen LogP contribution in [0.3, 0.4) is 0 Å². The number of halogens is 17. The van der Waals surface area contributed by atoms with Crippen molar-refractivity contribution >= 4 is 13.8 Å². The SMILES string of the molecule is CC(=O)O.[B]C(F)(F)C(F)(F)C(F)(F)C(F)(F)C(F)(F)C(F)(F)C(F)(F)C(F)(F)F. The number of carboxylic acid groups (broad SMARTS) is 1. The van der Waals surface area contributed by atoms with Gasteiger partial charge in [-0.3, -0.25) is 4.79 Å². The molecular formula is C10H4BF17O2. The molecule has 0 amide bonds. The lowest BCUT2D eigenvalue weighted by molar-refractivity contribution is -0.458. The third-order valence-corrected chi connectivity index (χ3v) is 2.75. The molecule has 0 rings (SSSR count). The minimum atomic E-state index is -8.61. The van der Waals surface area contributed by atoms with E-state index in [4.69, 9.17) is 9.90 Å². The van der Waals surface area contributed by atoms with E-state index in [2.05, 4.69) is 7.85 Å². The summed E-state index contributed by atoms with van der Waals surface area (Å²) < 4.78 is 211. The van der Waals surface area contributed by atoms with E-state index in [0.717, 1.165) is 6.92 Å². The molecule has 0 aliphatic carbocycles. The first kappa shape index (κ1) is 30.5. The van der Waals surface area contributed by atoms with E-state index in [1.807, 2.05) is 0 Å². The Morgan fingerprint density at radius 1 is 0.533 bits per heavy atom. The van der Waals surface area contributed by atoms with Crippen LogP contribution in [0.25, 0.3) is 0 Å². The Morgan fingerprint density at radius 2 is 0.700 bits per heavy atom. The maximum absolute atomic E-state index is 12.9. The Balaban J connectivity index is 0. The van der Waals surface area contributed by atoms with Gasteiger partial charge >= 0.3 is 41.7 Å². The minimum Gasteiger partial charge on any atom is -0.481 e. The molecule has 0 aliphatic rings.